The van der Waals surface area contributed by atoms with Crippen molar-refractivity contribution in [2.45, 2.75) is 50.6 Å². The predicted molar refractivity (Wildman–Crippen MR) is 163 cm³/mol. The summed E-state index contributed by atoms with van der Waals surface area (Å²) >= 11 is 0. The van der Waals surface area contributed by atoms with Crippen molar-refractivity contribution >= 4 is 16.9 Å². The van der Waals surface area contributed by atoms with E-state index in [2.05, 4.69) is 14.9 Å². The zero-order valence-corrected chi connectivity index (χ0v) is 25.2. The van der Waals surface area contributed by atoms with Crippen molar-refractivity contribution in [2.75, 3.05) is 39.8 Å². The lowest BCUT2D eigenvalue weighted by Gasteiger charge is -2.33. The fraction of sp³-hybridized carbons (Fsp3) is 0.412. The molecule has 45 heavy (non-hydrogen) atoms. The van der Waals surface area contributed by atoms with Crippen molar-refractivity contribution in [3.63, 3.8) is 0 Å². The average molecular weight is 620 g/mol. The molecule has 11 heteroatoms. The quantitative estimate of drug-likeness (QED) is 0.295. The molecule has 0 atom stereocenters. The number of ether oxygens (including phenoxy) is 1. The number of alkyl halides is 3. The Balaban J connectivity index is 1.04. The summed E-state index contributed by atoms with van der Waals surface area (Å²) in [4.78, 5) is 26.8. The first-order valence-corrected chi connectivity index (χ1v) is 15.4. The van der Waals surface area contributed by atoms with Gasteiger partial charge in [0.05, 0.1) is 17.4 Å². The topological polar surface area (TPSA) is 84.9 Å². The predicted octanol–water partition coefficient (Wildman–Crippen LogP) is 5.23. The van der Waals surface area contributed by atoms with Crippen LogP contribution in [0.1, 0.15) is 46.4 Å². The smallest absolute Gasteiger partial charge is 0.416 e. The van der Waals surface area contributed by atoms with Gasteiger partial charge in [0.25, 0.3) is 0 Å². The molecule has 1 saturated heterocycles. The third-order valence-electron chi connectivity index (χ3n) is 9.31. The number of aliphatic hydroxyl groups is 1. The number of hydrogen-bond donors (Lipinski definition) is 2. The molecule has 7 rings (SSSR count). The van der Waals surface area contributed by atoms with Gasteiger partial charge < -0.3 is 24.6 Å². The first-order chi connectivity index (χ1) is 21.5. The van der Waals surface area contributed by atoms with Crippen LogP contribution in [-0.4, -0.2) is 75.5 Å². The Labute approximate surface area is 259 Å². The second-order valence-electron chi connectivity index (χ2n) is 12.6. The lowest BCUT2D eigenvalue weighted by atomic mass is 9.97. The largest absolute Gasteiger partial charge is 0.457 e. The third-order valence-corrected chi connectivity index (χ3v) is 9.31. The SMILES string of the molecule is CN1CCN(Cc2ccc(CC(=O)N3CCc4ccc(Oc5ccnc6[nH]c(C7(O)CC7)cc56)cc4C3)cc2C(F)(F)F)CC1. The molecule has 1 saturated carbocycles. The van der Waals surface area contributed by atoms with Crippen molar-refractivity contribution in [3.8, 4) is 11.5 Å². The van der Waals surface area contributed by atoms with Crippen molar-refractivity contribution < 1.29 is 27.8 Å². The number of rotatable bonds is 7. The molecular weight excluding hydrogens is 583 g/mol. The third kappa shape index (κ3) is 6.29. The first kappa shape index (κ1) is 29.8. The number of carbonyl (C=O) groups is 1. The Kier molecular flexibility index (Phi) is 7.58. The second kappa shape index (κ2) is 11.5. The molecule has 236 valence electrons. The summed E-state index contributed by atoms with van der Waals surface area (Å²) < 4.78 is 48.5. The number of H-pyrrole nitrogens is 1. The maximum absolute atomic E-state index is 14.1. The van der Waals surface area contributed by atoms with Gasteiger partial charge in [0, 0.05) is 57.7 Å². The van der Waals surface area contributed by atoms with Gasteiger partial charge in [-0.1, -0.05) is 18.2 Å². The highest BCUT2D eigenvalue weighted by atomic mass is 19.4. The standard InChI is InChI=1S/C34H36F3N5O3/c1-40-12-14-41(15-13-40)20-24-3-2-22(16-28(24)34(35,36)37)17-31(43)42-11-7-23-4-5-26(18-25(23)21-42)45-29-6-10-38-32-27(29)19-30(39-32)33(44)8-9-33/h2-6,10,16,18-19,44H,7-9,11-15,17,20-21H2,1H3,(H,38,39). The number of benzene rings is 2. The number of aromatic nitrogens is 2. The van der Waals surface area contributed by atoms with Crippen LogP contribution in [0.4, 0.5) is 13.2 Å². The van der Waals surface area contributed by atoms with E-state index < -0.39 is 17.3 Å². The molecule has 8 nitrogen and oxygen atoms in total. The molecule has 4 heterocycles. The maximum atomic E-state index is 14.1. The van der Waals surface area contributed by atoms with E-state index >= 15 is 0 Å². The molecule has 2 aliphatic heterocycles. The van der Waals surface area contributed by atoms with Gasteiger partial charge in [0.1, 0.15) is 22.7 Å². The van der Waals surface area contributed by atoms with Gasteiger partial charge in [-0.2, -0.15) is 13.2 Å². The van der Waals surface area contributed by atoms with Crippen LogP contribution in [0.15, 0.2) is 54.7 Å². The number of amides is 1. The number of pyridine rings is 1. The van der Waals surface area contributed by atoms with Gasteiger partial charge in [-0.15, -0.1) is 0 Å². The van der Waals surface area contributed by atoms with Gasteiger partial charge >= 0.3 is 6.18 Å². The molecule has 2 fully saturated rings. The number of piperazine rings is 1. The van der Waals surface area contributed by atoms with Crippen LogP contribution in [0.3, 0.4) is 0 Å². The maximum Gasteiger partial charge on any atom is 0.416 e. The highest BCUT2D eigenvalue weighted by molar-refractivity contribution is 5.84. The number of nitrogens with one attached hydrogen (secondary N) is 1. The van der Waals surface area contributed by atoms with Crippen LogP contribution in [-0.2, 0) is 42.5 Å². The molecular formula is C34H36F3N5O3. The summed E-state index contributed by atoms with van der Waals surface area (Å²) in [5, 5.41) is 11.3. The molecule has 0 bridgehead atoms. The van der Waals surface area contributed by atoms with E-state index in [1.54, 1.807) is 23.2 Å². The van der Waals surface area contributed by atoms with Gasteiger partial charge in [0.2, 0.25) is 5.91 Å². The Bertz CT molecular complexity index is 1740. The number of aromatic amines is 1. The summed E-state index contributed by atoms with van der Waals surface area (Å²) in [6.45, 7) is 4.19. The van der Waals surface area contributed by atoms with E-state index in [9.17, 15) is 23.1 Å². The van der Waals surface area contributed by atoms with Crippen molar-refractivity contribution in [2.24, 2.45) is 0 Å². The van der Waals surface area contributed by atoms with Crippen LogP contribution in [0, 0.1) is 0 Å². The number of fused-ring (bicyclic) bond motifs is 2. The van der Waals surface area contributed by atoms with Crippen molar-refractivity contribution in [3.05, 3.63) is 88.2 Å². The average Bonchev–Trinajstić information content (AvgIpc) is 3.60. The molecule has 0 spiro atoms. The van der Waals surface area contributed by atoms with Crippen LogP contribution in [0.2, 0.25) is 0 Å². The fourth-order valence-electron chi connectivity index (χ4n) is 6.34. The molecule has 2 N–H and O–H groups in total. The van der Waals surface area contributed by atoms with Crippen LogP contribution in [0.25, 0.3) is 11.0 Å². The van der Waals surface area contributed by atoms with Crippen molar-refractivity contribution in [1.29, 1.82) is 0 Å². The minimum absolute atomic E-state index is 0.0967. The molecule has 1 aliphatic carbocycles. The summed E-state index contributed by atoms with van der Waals surface area (Å²) in [6, 6.07) is 13.8. The van der Waals surface area contributed by atoms with E-state index in [1.165, 1.54) is 6.07 Å². The number of nitrogens with zero attached hydrogens (tertiary/aromatic N) is 4. The van der Waals surface area contributed by atoms with E-state index in [0.29, 0.717) is 55.1 Å². The van der Waals surface area contributed by atoms with Gasteiger partial charge in [0.15, 0.2) is 0 Å². The molecule has 1 amide bonds. The molecule has 4 aromatic rings. The molecule has 2 aromatic heterocycles. The number of hydrogen-bond acceptors (Lipinski definition) is 6. The highest BCUT2D eigenvalue weighted by Crippen LogP contribution is 2.46. The summed E-state index contributed by atoms with van der Waals surface area (Å²) in [5.74, 6) is 1.00. The summed E-state index contributed by atoms with van der Waals surface area (Å²) in [5.41, 5.74) is 2.54. The van der Waals surface area contributed by atoms with E-state index in [1.807, 2.05) is 36.2 Å². The van der Waals surface area contributed by atoms with Crippen LogP contribution >= 0.6 is 0 Å². The van der Waals surface area contributed by atoms with E-state index in [-0.39, 0.29) is 24.4 Å². The fourth-order valence-corrected chi connectivity index (χ4v) is 6.34. The molecule has 0 unspecified atom stereocenters. The Morgan fingerprint density at radius 3 is 2.58 bits per heavy atom. The van der Waals surface area contributed by atoms with Gasteiger partial charge in [-0.25, -0.2) is 4.98 Å². The van der Waals surface area contributed by atoms with E-state index in [4.69, 9.17) is 4.74 Å². The number of carbonyl (C=O) groups excluding carboxylic acids is 1. The zero-order valence-electron chi connectivity index (χ0n) is 25.2. The van der Waals surface area contributed by atoms with Crippen LogP contribution in [0.5, 0.6) is 11.5 Å². The molecule has 3 aliphatic rings. The number of likely N-dealkylation sites (N-methyl/N-ethyl adjacent to an activating group) is 1. The van der Waals surface area contributed by atoms with Crippen molar-refractivity contribution in [1.82, 2.24) is 24.7 Å². The highest BCUT2D eigenvalue weighted by Gasteiger charge is 2.43. The monoisotopic (exact) mass is 619 g/mol. The molecule has 0 radical (unpaired) electrons. The second-order valence-corrected chi connectivity index (χ2v) is 12.6. The molecule has 2 aromatic carbocycles. The van der Waals surface area contributed by atoms with E-state index in [0.717, 1.165) is 54.5 Å². The Hall–Kier alpha value is -3.93. The summed E-state index contributed by atoms with van der Waals surface area (Å²) in [6.07, 6.45) is -0.874. The first-order valence-electron chi connectivity index (χ1n) is 15.4. The Morgan fingerprint density at radius 2 is 1.82 bits per heavy atom. The summed E-state index contributed by atoms with van der Waals surface area (Å²) in [7, 11) is 2.01. The number of halogens is 3. The normalized spacial score (nSPS) is 18.6. The Morgan fingerprint density at radius 1 is 1.02 bits per heavy atom. The lowest BCUT2D eigenvalue weighted by molar-refractivity contribution is -0.138. The van der Waals surface area contributed by atoms with Crippen LogP contribution < -0.4 is 4.74 Å². The van der Waals surface area contributed by atoms with Gasteiger partial charge in [-0.05, 0) is 78.9 Å². The minimum Gasteiger partial charge on any atom is -0.457 e. The lowest BCUT2D eigenvalue weighted by Crippen LogP contribution is -2.44. The zero-order chi connectivity index (χ0) is 31.3. The minimum atomic E-state index is -4.50. The van der Waals surface area contributed by atoms with Gasteiger partial charge in [-0.3, -0.25) is 9.69 Å².